The van der Waals surface area contributed by atoms with Crippen molar-refractivity contribution in [1.82, 2.24) is 0 Å². The number of hydrogen-bond acceptors (Lipinski definition) is 6. The largest absolute Gasteiger partial charge is 1.00 e. The molecule has 2 aromatic carbocycles. The van der Waals surface area contributed by atoms with Crippen molar-refractivity contribution in [1.29, 1.82) is 0 Å². The Labute approximate surface area is 296 Å². The summed E-state index contributed by atoms with van der Waals surface area (Å²) in [5.74, 6) is -0.354. The van der Waals surface area contributed by atoms with Gasteiger partial charge in [0, 0.05) is 41.3 Å². The average molecular weight is 623 g/mol. The second-order valence-electron chi connectivity index (χ2n) is 11.8. The summed E-state index contributed by atoms with van der Waals surface area (Å²) in [4.78, 5) is 15.3. The first-order valence-corrected chi connectivity index (χ1v) is 15.3. The van der Waals surface area contributed by atoms with E-state index in [1.807, 2.05) is 43.0 Å². The molecular formula is C34H35KN2O5S. The molecule has 0 aromatic heterocycles. The van der Waals surface area contributed by atoms with Crippen LogP contribution in [0.4, 0.5) is 11.4 Å². The zero-order chi connectivity index (χ0) is 30.6. The van der Waals surface area contributed by atoms with Gasteiger partial charge in [0.05, 0.1) is 16.0 Å². The number of hydrogen-bond donors (Lipinski definition) is 1. The number of carbonyl (C=O) groups excluding carboxylic acids is 1. The molecule has 0 spiro atoms. The number of nitrogens with zero attached hydrogens (tertiary/aromatic N) is 2. The van der Waals surface area contributed by atoms with Crippen LogP contribution in [0.3, 0.4) is 0 Å². The molecule has 0 saturated carbocycles. The number of aliphatic hydroxyl groups is 1. The number of fused-ring (bicyclic) bond motifs is 2. The number of allylic oxidation sites excluding steroid dienone is 5. The van der Waals surface area contributed by atoms with Gasteiger partial charge in [0.25, 0.3) is 0 Å². The third kappa shape index (κ3) is 5.65. The Bertz CT molecular complexity index is 1780. The smallest absolute Gasteiger partial charge is 0.744 e. The molecule has 0 atom stereocenters. The zero-order valence-corrected chi connectivity index (χ0v) is 29.3. The van der Waals surface area contributed by atoms with Gasteiger partial charge in [-0.25, -0.2) is 13.0 Å². The first kappa shape index (κ1) is 33.5. The number of aliphatic hydroxyl groups excluding tert-OH is 1. The van der Waals surface area contributed by atoms with Gasteiger partial charge in [0.15, 0.2) is 12.3 Å². The predicted molar refractivity (Wildman–Crippen MR) is 163 cm³/mol. The fraction of sp³-hybridized carbons (Fsp3) is 0.294. The number of carbonyl (C=O) groups is 1. The number of benzene rings is 2. The van der Waals surface area contributed by atoms with Gasteiger partial charge in [0.2, 0.25) is 5.78 Å². The average Bonchev–Trinajstić information content (AvgIpc) is 3.29. The van der Waals surface area contributed by atoms with Crippen LogP contribution in [-0.2, 0) is 25.7 Å². The molecule has 3 aliphatic rings. The van der Waals surface area contributed by atoms with Gasteiger partial charge < -0.3 is 14.6 Å². The molecule has 2 heterocycles. The van der Waals surface area contributed by atoms with Crippen molar-refractivity contribution in [2.45, 2.75) is 56.3 Å². The first-order valence-electron chi connectivity index (χ1n) is 13.9. The molecule has 1 N–H and O–H groups in total. The van der Waals surface area contributed by atoms with E-state index in [1.54, 1.807) is 24.3 Å². The molecule has 43 heavy (non-hydrogen) atoms. The molecule has 218 valence electrons. The second-order valence-corrected chi connectivity index (χ2v) is 13.2. The maximum absolute atomic E-state index is 13.6. The molecule has 7 nitrogen and oxygen atoms in total. The molecule has 0 amide bonds. The summed E-state index contributed by atoms with van der Waals surface area (Å²) in [6.45, 7) is 16.9. The van der Waals surface area contributed by atoms with Crippen LogP contribution < -0.4 is 56.3 Å². The number of Topliss-reactive ketones (excluding diaryl/α,β-unsaturated/α-hetero) is 1. The van der Waals surface area contributed by atoms with Crippen molar-refractivity contribution in [3.8, 4) is 0 Å². The Morgan fingerprint density at radius 1 is 1.05 bits per heavy atom. The van der Waals surface area contributed by atoms with Crippen LogP contribution in [0.25, 0.3) is 0 Å². The SMILES string of the molecule is C=CCCN1/C(=C/C2=C(O)C(=C\C3=[N+](CCC=C)c4cc[c-]cc4C3(C)C)/C2=O)C(C)(C)c2cc(S(=O)(=O)[O-])ccc21.[K+]. The number of ketones is 1. The summed E-state index contributed by atoms with van der Waals surface area (Å²) in [6, 6.07) is 13.4. The molecule has 0 radical (unpaired) electrons. The van der Waals surface area contributed by atoms with Crippen molar-refractivity contribution in [2.75, 3.05) is 18.0 Å². The number of anilines is 1. The third-order valence-corrected chi connectivity index (χ3v) is 9.39. The van der Waals surface area contributed by atoms with Crippen LogP contribution in [0, 0.1) is 6.07 Å². The van der Waals surface area contributed by atoms with Crippen molar-refractivity contribution < 1.29 is 78.8 Å². The fourth-order valence-corrected chi connectivity index (χ4v) is 6.70. The van der Waals surface area contributed by atoms with E-state index < -0.39 is 20.9 Å². The van der Waals surface area contributed by atoms with E-state index in [1.165, 1.54) is 12.1 Å². The molecule has 0 unspecified atom stereocenters. The van der Waals surface area contributed by atoms with E-state index in [2.05, 4.69) is 37.6 Å². The van der Waals surface area contributed by atoms with Gasteiger partial charge in [-0.2, -0.15) is 18.2 Å². The van der Waals surface area contributed by atoms with Crippen LogP contribution in [0.2, 0.25) is 0 Å². The fourth-order valence-electron chi connectivity index (χ4n) is 6.20. The maximum Gasteiger partial charge on any atom is 1.00 e. The molecule has 1 aliphatic carbocycles. The normalized spacial score (nSPS) is 20.2. The predicted octanol–water partition coefficient (Wildman–Crippen LogP) is 2.93. The summed E-state index contributed by atoms with van der Waals surface area (Å²) in [7, 11) is -4.65. The van der Waals surface area contributed by atoms with Gasteiger partial charge in [-0.1, -0.05) is 45.4 Å². The van der Waals surface area contributed by atoms with Crippen molar-refractivity contribution >= 4 is 33.0 Å². The van der Waals surface area contributed by atoms with Crippen molar-refractivity contribution in [3.05, 3.63) is 114 Å². The Hall–Kier alpha value is -2.37. The van der Waals surface area contributed by atoms with E-state index in [4.69, 9.17) is 0 Å². The topological polar surface area (TPSA) is 101 Å². The Morgan fingerprint density at radius 2 is 1.74 bits per heavy atom. The van der Waals surface area contributed by atoms with Gasteiger partial charge in [-0.3, -0.25) is 4.79 Å². The minimum atomic E-state index is -4.65. The van der Waals surface area contributed by atoms with Crippen molar-refractivity contribution in [2.24, 2.45) is 0 Å². The minimum Gasteiger partial charge on any atom is -0.744 e. The van der Waals surface area contributed by atoms with E-state index in [9.17, 15) is 22.9 Å². The summed E-state index contributed by atoms with van der Waals surface area (Å²) < 4.78 is 37.5. The van der Waals surface area contributed by atoms with E-state index in [0.717, 1.165) is 34.8 Å². The number of rotatable bonds is 9. The van der Waals surface area contributed by atoms with Crippen LogP contribution in [0.15, 0.2) is 101 Å². The second kappa shape index (κ2) is 12.2. The molecule has 9 heteroatoms. The van der Waals surface area contributed by atoms with Gasteiger partial charge in [-0.15, -0.1) is 19.2 Å². The summed E-state index contributed by atoms with van der Waals surface area (Å²) in [5, 5.41) is 11.2. The molecule has 5 rings (SSSR count). The van der Waals surface area contributed by atoms with Gasteiger partial charge >= 0.3 is 51.4 Å². The van der Waals surface area contributed by atoms with Gasteiger partial charge in [0.1, 0.15) is 21.6 Å². The third-order valence-electron chi connectivity index (χ3n) is 8.56. The quantitative estimate of drug-likeness (QED) is 0.115. The first-order chi connectivity index (χ1) is 19.7. The summed E-state index contributed by atoms with van der Waals surface area (Å²) in [6.07, 6.45) is 8.49. The molecule has 0 fully saturated rings. The molecule has 0 saturated heterocycles. The van der Waals surface area contributed by atoms with Crippen molar-refractivity contribution in [3.63, 3.8) is 0 Å². The standard InChI is InChI=1S/C34H36N2O5S.K/c1-7-9-17-35-27-14-12-11-13-25(27)33(3,4)29(35)20-23-31(37)24(32(23)38)21-30-34(5,6)26-19-22(42(39,40)41)15-16-28(26)36(30)18-10-8-2;/h7-8,12-16,19-21,37H,1-2,9-10,17-18H2,3-6H3,(H,39,40,41);/q;+1/p-1. The van der Waals surface area contributed by atoms with Gasteiger partial charge in [-0.05, 0) is 36.3 Å². The minimum absolute atomic E-state index is 0. The maximum atomic E-state index is 13.6. The Kier molecular flexibility index (Phi) is 9.51. The van der Waals surface area contributed by atoms with Crippen LogP contribution in [-0.4, -0.2) is 47.2 Å². The van der Waals surface area contributed by atoms with E-state index >= 15 is 0 Å². The zero-order valence-electron chi connectivity index (χ0n) is 25.4. The molecule has 2 aromatic rings. The van der Waals surface area contributed by atoms with Crippen LogP contribution in [0.5, 0.6) is 0 Å². The van der Waals surface area contributed by atoms with E-state index in [0.29, 0.717) is 25.1 Å². The Morgan fingerprint density at radius 3 is 2.37 bits per heavy atom. The Balaban J connectivity index is 0.00000423. The monoisotopic (exact) mass is 622 g/mol. The van der Waals surface area contributed by atoms with Crippen LogP contribution in [0.1, 0.15) is 51.7 Å². The molecule has 0 bridgehead atoms. The summed E-state index contributed by atoms with van der Waals surface area (Å²) in [5.41, 5.74) is 4.47. The molecular weight excluding hydrogens is 588 g/mol. The summed E-state index contributed by atoms with van der Waals surface area (Å²) >= 11 is 0. The van der Waals surface area contributed by atoms with E-state index in [-0.39, 0.29) is 79.0 Å². The van der Waals surface area contributed by atoms with Crippen LogP contribution >= 0.6 is 0 Å². The molecule has 2 aliphatic heterocycles.